The number of aliphatic imine (C=N–C) groups is 1. The maximum atomic E-state index is 11.1. The number of hydrogen-bond donors (Lipinski definition) is 2. The highest BCUT2D eigenvalue weighted by atomic mass is 16.4. The van der Waals surface area contributed by atoms with Crippen molar-refractivity contribution < 1.29 is 14.4 Å². The average Bonchev–Trinajstić information content (AvgIpc) is 2.77. The Balaban J connectivity index is 2.60. The van der Waals surface area contributed by atoms with E-state index < -0.39 is 5.97 Å². The Kier molecular flexibility index (Phi) is 6.61. The molecule has 0 amide bonds. The van der Waals surface area contributed by atoms with Crippen molar-refractivity contribution in [3.05, 3.63) is 24.6 Å². The summed E-state index contributed by atoms with van der Waals surface area (Å²) in [4.78, 5) is 15.4. The van der Waals surface area contributed by atoms with Crippen LogP contribution in [-0.2, 0) is 4.79 Å². The van der Waals surface area contributed by atoms with Crippen molar-refractivity contribution in [2.24, 2.45) is 10.7 Å². The number of allylic oxidation sites excluding steroid dienone is 2. The molecule has 0 aliphatic carbocycles. The molecule has 20 heavy (non-hydrogen) atoms. The van der Waals surface area contributed by atoms with Crippen molar-refractivity contribution in [1.82, 2.24) is 0 Å². The van der Waals surface area contributed by atoms with Gasteiger partial charge >= 0.3 is 5.97 Å². The monoisotopic (exact) mass is 280 g/mol. The van der Waals surface area contributed by atoms with Gasteiger partial charge in [-0.3, -0.25) is 5.73 Å². The maximum Gasteiger partial charge on any atom is 0.360 e. The minimum Gasteiger partial charge on any atom is -0.477 e. The van der Waals surface area contributed by atoms with Crippen LogP contribution in [0.2, 0.25) is 0 Å². The van der Waals surface area contributed by atoms with Gasteiger partial charge in [0.1, 0.15) is 12.4 Å². The van der Waals surface area contributed by atoms with Crippen LogP contribution in [0.1, 0.15) is 46.0 Å². The standard InChI is InChI=1S/C15H25N3O2/c1-3-4-5-6-7-8-9-14-17-10-11-18(14,13(2)16)12-15(19)20/h6-7,10-11,13H,3-5,8-9,12,16H2,1-2H3/p+1/b7-6+. The molecule has 5 heteroatoms. The summed E-state index contributed by atoms with van der Waals surface area (Å²) >= 11 is 0. The van der Waals surface area contributed by atoms with Crippen molar-refractivity contribution in [2.45, 2.75) is 52.1 Å². The molecule has 0 spiro atoms. The Morgan fingerprint density at radius 1 is 1.50 bits per heavy atom. The summed E-state index contributed by atoms with van der Waals surface area (Å²) in [6.07, 6.45) is 12.6. The van der Waals surface area contributed by atoms with Gasteiger partial charge in [0.25, 0.3) is 0 Å². The lowest BCUT2D eigenvalue weighted by Crippen LogP contribution is -2.59. The van der Waals surface area contributed by atoms with Crippen molar-refractivity contribution in [2.75, 3.05) is 6.54 Å². The summed E-state index contributed by atoms with van der Waals surface area (Å²) in [7, 11) is 0. The van der Waals surface area contributed by atoms with Crippen LogP contribution in [0.4, 0.5) is 0 Å². The van der Waals surface area contributed by atoms with Gasteiger partial charge in [-0.2, -0.15) is 0 Å². The fourth-order valence-electron chi connectivity index (χ4n) is 2.36. The molecule has 0 radical (unpaired) electrons. The molecule has 0 saturated carbocycles. The number of carboxylic acid groups (broad SMARTS) is 1. The lowest BCUT2D eigenvalue weighted by Gasteiger charge is -2.34. The summed E-state index contributed by atoms with van der Waals surface area (Å²) < 4.78 is 0.137. The highest BCUT2D eigenvalue weighted by Gasteiger charge is 2.40. The molecule has 0 bridgehead atoms. The van der Waals surface area contributed by atoms with Crippen LogP contribution in [0, 0.1) is 0 Å². The predicted octanol–water partition coefficient (Wildman–Crippen LogP) is 2.60. The van der Waals surface area contributed by atoms with Crippen molar-refractivity contribution >= 4 is 11.8 Å². The third-order valence-electron chi connectivity index (χ3n) is 3.59. The third kappa shape index (κ3) is 4.28. The van der Waals surface area contributed by atoms with Crippen LogP contribution in [0.3, 0.4) is 0 Å². The lowest BCUT2D eigenvalue weighted by atomic mass is 10.2. The Morgan fingerprint density at radius 2 is 2.20 bits per heavy atom. The van der Waals surface area contributed by atoms with Gasteiger partial charge in [0.05, 0.1) is 6.20 Å². The highest BCUT2D eigenvalue weighted by molar-refractivity contribution is 5.81. The molecule has 0 aromatic rings. The van der Waals surface area contributed by atoms with E-state index >= 15 is 0 Å². The minimum absolute atomic E-state index is 0.0491. The average molecular weight is 280 g/mol. The zero-order chi connectivity index (χ0) is 15.0. The molecule has 112 valence electrons. The molecule has 5 nitrogen and oxygen atoms in total. The summed E-state index contributed by atoms with van der Waals surface area (Å²) in [5.41, 5.74) is 6.00. The van der Waals surface area contributed by atoms with Crippen LogP contribution in [0.5, 0.6) is 0 Å². The molecular formula is C15H26N3O2+. The van der Waals surface area contributed by atoms with Gasteiger partial charge in [-0.1, -0.05) is 31.9 Å². The van der Waals surface area contributed by atoms with E-state index in [1.807, 2.05) is 6.92 Å². The Morgan fingerprint density at radius 3 is 2.80 bits per heavy atom. The van der Waals surface area contributed by atoms with Crippen LogP contribution in [0.15, 0.2) is 29.5 Å². The molecule has 0 aromatic carbocycles. The van der Waals surface area contributed by atoms with Crippen molar-refractivity contribution in [3.63, 3.8) is 0 Å². The molecule has 1 aliphatic rings. The number of nitrogens with two attached hydrogens (primary N) is 1. The third-order valence-corrected chi connectivity index (χ3v) is 3.59. The van der Waals surface area contributed by atoms with E-state index in [9.17, 15) is 4.79 Å². The first-order chi connectivity index (χ1) is 9.53. The largest absolute Gasteiger partial charge is 0.477 e. The number of quaternary nitrogens is 1. The second-order valence-electron chi connectivity index (χ2n) is 5.22. The molecule has 1 aliphatic heterocycles. The molecule has 1 rings (SSSR count). The number of carbonyl (C=O) groups is 1. The second-order valence-corrected chi connectivity index (χ2v) is 5.22. The van der Waals surface area contributed by atoms with Gasteiger partial charge in [-0.05, 0) is 12.8 Å². The molecular weight excluding hydrogens is 254 g/mol. The van der Waals surface area contributed by atoms with Crippen LogP contribution >= 0.6 is 0 Å². The smallest absolute Gasteiger partial charge is 0.360 e. The van der Waals surface area contributed by atoms with Gasteiger partial charge in [0, 0.05) is 13.3 Å². The van der Waals surface area contributed by atoms with Gasteiger partial charge in [0.15, 0.2) is 6.54 Å². The number of unbranched alkanes of at least 4 members (excludes halogenated alkanes) is 2. The topological polar surface area (TPSA) is 75.7 Å². The zero-order valence-corrected chi connectivity index (χ0v) is 12.5. The van der Waals surface area contributed by atoms with E-state index in [2.05, 4.69) is 24.1 Å². The lowest BCUT2D eigenvalue weighted by molar-refractivity contribution is -0.805. The summed E-state index contributed by atoms with van der Waals surface area (Å²) in [5.74, 6) is -0.0254. The molecule has 2 unspecified atom stereocenters. The normalized spacial score (nSPS) is 23.2. The number of aliphatic carboxylic acids is 1. The van der Waals surface area contributed by atoms with Gasteiger partial charge in [-0.25, -0.2) is 14.3 Å². The Hall–Kier alpha value is -1.46. The van der Waals surface area contributed by atoms with E-state index in [1.165, 1.54) is 12.8 Å². The number of nitrogens with zero attached hydrogens (tertiary/aromatic N) is 2. The van der Waals surface area contributed by atoms with Crippen molar-refractivity contribution in [3.8, 4) is 0 Å². The van der Waals surface area contributed by atoms with Gasteiger partial charge < -0.3 is 5.11 Å². The summed E-state index contributed by atoms with van der Waals surface area (Å²) in [6.45, 7) is 3.95. The summed E-state index contributed by atoms with van der Waals surface area (Å²) in [5, 5.41) is 9.10. The van der Waals surface area contributed by atoms with E-state index in [-0.39, 0.29) is 17.2 Å². The van der Waals surface area contributed by atoms with Crippen LogP contribution < -0.4 is 5.73 Å². The molecule has 1 heterocycles. The Labute approximate surface area is 121 Å². The quantitative estimate of drug-likeness (QED) is 0.387. The molecule has 3 N–H and O–H groups in total. The SMILES string of the molecule is CCCC/C=C/CCC1=NC=C[N+]1(CC(=O)O)C(C)N. The summed E-state index contributed by atoms with van der Waals surface area (Å²) in [6, 6.07) is 0. The number of amidine groups is 1. The second kappa shape index (κ2) is 7.97. The van der Waals surface area contributed by atoms with Crippen LogP contribution in [0.25, 0.3) is 0 Å². The fourth-order valence-corrected chi connectivity index (χ4v) is 2.36. The van der Waals surface area contributed by atoms with Crippen LogP contribution in [-0.4, -0.2) is 34.1 Å². The Bertz CT molecular complexity index is 413. The first kappa shape index (κ1) is 16.6. The molecule has 0 fully saturated rings. The van der Waals surface area contributed by atoms with E-state index in [0.29, 0.717) is 0 Å². The molecule has 0 saturated heterocycles. The van der Waals surface area contributed by atoms with E-state index in [0.717, 1.165) is 25.1 Å². The fraction of sp³-hybridized carbons (Fsp3) is 0.600. The van der Waals surface area contributed by atoms with Crippen molar-refractivity contribution in [1.29, 1.82) is 0 Å². The highest BCUT2D eigenvalue weighted by Crippen LogP contribution is 2.22. The number of hydrogen-bond acceptors (Lipinski definition) is 3. The number of rotatable bonds is 9. The molecule has 0 aromatic heterocycles. The van der Waals surface area contributed by atoms with Gasteiger partial charge in [0.2, 0.25) is 5.84 Å². The van der Waals surface area contributed by atoms with E-state index in [4.69, 9.17) is 10.8 Å². The maximum absolute atomic E-state index is 11.1. The first-order valence-electron chi connectivity index (χ1n) is 7.27. The first-order valence-corrected chi connectivity index (χ1v) is 7.27. The molecule has 2 atom stereocenters. The van der Waals surface area contributed by atoms with E-state index in [1.54, 1.807) is 12.4 Å². The predicted molar refractivity (Wildman–Crippen MR) is 80.9 cm³/mol. The number of carboxylic acids is 1. The zero-order valence-electron chi connectivity index (χ0n) is 12.5. The minimum atomic E-state index is -0.861. The van der Waals surface area contributed by atoms with Gasteiger partial charge in [-0.15, -0.1) is 0 Å².